The van der Waals surface area contributed by atoms with E-state index in [2.05, 4.69) is 51.7 Å². The van der Waals surface area contributed by atoms with E-state index < -0.39 is 47.0 Å². The van der Waals surface area contributed by atoms with Crippen molar-refractivity contribution in [2.24, 2.45) is 17.8 Å². The van der Waals surface area contributed by atoms with Crippen molar-refractivity contribution in [3.8, 4) is 0 Å². The highest BCUT2D eigenvalue weighted by Gasteiger charge is 2.48. The largest absolute Gasteiger partial charge is 0.438 e. The van der Waals surface area contributed by atoms with Crippen molar-refractivity contribution in [3.63, 3.8) is 0 Å². The van der Waals surface area contributed by atoms with Crippen LogP contribution < -0.4 is 16.0 Å². The van der Waals surface area contributed by atoms with Crippen molar-refractivity contribution < 1.29 is 55.0 Å². The number of Topliss-reactive ketones (excluding diaryl/α,β-unsaturated/α-hetero) is 1. The lowest BCUT2D eigenvalue weighted by Gasteiger charge is -2.49. The molecule has 1 saturated heterocycles. The van der Waals surface area contributed by atoms with E-state index in [1.165, 1.54) is 29.3 Å². The molecule has 370 valence electrons. The zero-order chi connectivity index (χ0) is 49.4. The van der Waals surface area contributed by atoms with Crippen LogP contribution in [-0.2, 0) is 49.2 Å². The number of para-hydroxylation sites is 1. The van der Waals surface area contributed by atoms with E-state index in [9.17, 15) is 45.5 Å². The summed E-state index contributed by atoms with van der Waals surface area (Å²) in [4.78, 5) is 51.5. The van der Waals surface area contributed by atoms with E-state index in [-0.39, 0.29) is 40.7 Å². The van der Waals surface area contributed by atoms with Gasteiger partial charge in [-0.2, -0.15) is 26.3 Å². The Morgan fingerprint density at radius 2 is 1.33 bits per heavy atom. The summed E-state index contributed by atoms with van der Waals surface area (Å²) < 4.78 is 89.5. The zero-order valence-corrected chi connectivity index (χ0v) is 38.6. The highest BCUT2D eigenvalue weighted by molar-refractivity contribution is 6.20. The molecule has 3 saturated carbocycles. The second-order valence-corrected chi connectivity index (χ2v) is 19.8. The molecule has 0 aromatic heterocycles. The average molecular weight is 971 g/mol. The smallest absolute Gasteiger partial charge is 0.416 e. The number of amides is 3. The maximum atomic E-state index is 13.0. The van der Waals surface area contributed by atoms with Crippen LogP contribution in [0.25, 0.3) is 5.57 Å². The predicted octanol–water partition coefficient (Wildman–Crippen LogP) is 11.0. The molecule has 16 heteroatoms. The lowest BCUT2D eigenvalue weighted by molar-refractivity contribution is -0.138. The van der Waals surface area contributed by atoms with Crippen LogP contribution in [0.15, 0.2) is 104 Å². The van der Waals surface area contributed by atoms with Gasteiger partial charge in [0, 0.05) is 42.3 Å². The molecular formula is C54H56F6N4O6. The van der Waals surface area contributed by atoms with E-state index in [0.717, 1.165) is 106 Å². The third-order valence-corrected chi connectivity index (χ3v) is 15.5. The molecule has 3 N–H and O–H groups in total. The zero-order valence-electron chi connectivity index (χ0n) is 38.6. The maximum Gasteiger partial charge on any atom is 0.416 e. The molecule has 4 aromatic carbocycles. The van der Waals surface area contributed by atoms with Crippen LogP contribution in [0.4, 0.5) is 36.8 Å². The average Bonchev–Trinajstić information content (AvgIpc) is 3.67. The van der Waals surface area contributed by atoms with Gasteiger partial charge in [0.15, 0.2) is 5.78 Å². The number of carbonyl (C=O) groups excluding carboxylic acids is 4. The highest BCUT2D eigenvalue weighted by Crippen LogP contribution is 2.53. The molecule has 3 amide bonds. The standard InChI is InChI=1S/C28H29F3O2.C26H27F3N4O4/c1-18(21-6-4-7-24(16-21)28(29,30)31)26(32)15-19-13-23(14-19)20-9-11-27(12-10-20)25-8-3-2-5-22(25)17-33-27;27-26(28,29)17-5-3-4-16(12-17)23(35)30-13-22(34)31-18-14-33(15-18)19-8-10-25(11-9-19)20-6-1-2-7-21(20)32-24(36)37-25/h2-8,16,19-20,23H,1,9-15,17H2;1-7,12,18-19H,8-11,13-15H2,(H,30,35)(H,31,34)(H,32,36). The molecule has 4 fully saturated rings. The third-order valence-electron chi connectivity index (χ3n) is 15.5. The molecule has 3 aliphatic heterocycles. The van der Waals surface area contributed by atoms with E-state index >= 15 is 0 Å². The second kappa shape index (κ2) is 19.7. The number of nitrogens with one attached hydrogen (secondary N) is 3. The normalized spacial score (nSPS) is 26.2. The number of nitrogens with zero attached hydrogens (tertiary/aromatic N) is 1. The van der Waals surface area contributed by atoms with Gasteiger partial charge in [-0.15, -0.1) is 0 Å². The predicted molar refractivity (Wildman–Crippen MR) is 249 cm³/mol. The topological polar surface area (TPSA) is 126 Å². The van der Waals surface area contributed by atoms with Crippen molar-refractivity contribution in [2.45, 2.75) is 113 Å². The fraction of sp³-hybridized carbons (Fsp3) is 0.444. The first-order chi connectivity index (χ1) is 33.4. The lowest BCUT2D eigenvalue weighted by atomic mass is 9.61. The summed E-state index contributed by atoms with van der Waals surface area (Å²) >= 11 is 0. The van der Waals surface area contributed by atoms with Crippen molar-refractivity contribution in [2.75, 3.05) is 25.0 Å². The van der Waals surface area contributed by atoms with Crippen LogP contribution in [0.3, 0.4) is 0 Å². The quantitative estimate of drug-likeness (QED) is 0.107. The maximum absolute atomic E-state index is 13.0. The lowest BCUT2D eigenvalue weighted by Crippen LogP contribution is -2.63. The minimum atomic E-state index is -4.55. The number of hydrogen-bond donors (Lipinski definition) is 3. The molecule has 70 heavy (non-hydrogen) atoms. The number of likely N-dealkylation sites (tertiary alicyclic amines) is 1. The molecule has 10 rings (SSSR count). The fourth-order valence-corrected chi connectivity index (χ4v) is 11.6. The highest BCUT2D eigenvalue weighted by atomic mass is 19.4. The van der Waals surface area contributed by atoms with Crippen molar-refractivity contribution in [1.82, 2.24) is 15.5 Å². The summed E-state index contributed by atoms with van der Waals surface area (Å²) in [5.74, 6) is 0.336. The number of carbonyl (C=O) groups is 4. The molecule has 0 atom stereocenters. The van der Waals surface area contributed by atoms with Crippen LogP contribution in [-0.4, -0.2) is 60.3 Å². The molecule has 0 bridgehead atoms. The van der Waals surface area contributed by atoms with Gasteiger partial charge in [-0.1, -0.05) is 67.2 Å². The Bertz CT molecular complexity index is 2620. The van der Waals surface area contributed by atoms with Crippen LogP contribution >= 0.6 is 0 Å². The summed E-state index contributed by atoms with van der Waals surface area (Å²) in [5, 5.41) is 7.99. The number of allylic oxidation sites excluding steroid dienone is 1. The number of fused-ring (bicyclic) bond motifs is 4. The monoisotopic (exact) mass is 970 g/mol. The van der Waals surface area contributed by atoms with E-state index in [0.29, 0.717) is 49.9 Å². The third kappa shape index (κ3) is 10.5. The van der Waals surface area contributed by atoms with Gasteiger partial charge in [-0.25, -0.2) is 4.79 Å². The number of halogens is 6. The summed E-state index contributed by atoms with van der Waals surface area (Å²) in [7, 11) is 0. The number of ether oxygens (including phenoxy) is 2. The Balaban J connectivity index is 0.000000175. The molecule has 2 spiro atoms. The Morgan fingerprint density at radius 3 is 2.00 bits per heavy atom. The van der Waals surface area contributed by atoms with Crippen LogP contribution in [0.1, 0.15) is 114 Å². The Hall–Kier alpha value is -6.00. The Labute approximate surface area is 402 Å². The minimum Gasteiger partial charge on any atom is -0.438 e. The van der Waals surface area contributed by atoms with E-state index in [4.69, 9.17) is 9.47 Å². The van der Waals surface area contributed by atoms with Crippen LogP contribution in [0.5, 0.6) is 0 Å². The molecular weight excluding hydrogens is 915 g/mol. The Morgan fingerprint density at radius 1 is 0.729 bits per heavy atom. The number of anilines is 1. The second-order valence-electron chi connectivity index (χ2n) is 19.8. The van der Waals surface area contributed by atoms with Crippen molar-refractivity contribution in [1.29, 1.82) is 0 Å². The van der Waals surface area contributed by atoms with Crippen LogP contribution in [0, 0.1) is 17.8 Å². The molecule has 3 aliphatic carbocycles. The molecule has 10 nitrogen and oxygen atoms in total. The van der Waals surface area contributed by atoms with Crippen molar-refractivity contribution >= 4 is 35.0 Å². The number of benzene rings is 4. The van der Waals surface area contributed by atoms with Gasteiger partial charge in [0.25, 0.3) is 5.91 Å². The van der Waals surface area contributed by atoms with E-state index in [1.807, 2.05) is 24.3 Å². The van der Waals surface area contributed by atoms with Crippen molar-refractivity contribution in [3.05, 3.63) is 143 Å². The minimum absolute atomic E-state index is 0.0636. The van der Waals surface area contributed by atoms with Gasteiger partial charge in [0.05, 0.1) is 41.6 Å². The summed E-state index contributed by atoms with van der Waals surface area (Å²) in [6.45, 7) is 5.53. The number of hydrogen-bond acceptors (Lipinski definition) is 7. The van der Waals surface area contributed by atoms with Gasteiger partial charge in [-0.3, -0.25) is 24.6 Å². The number of alkyl halides is 6. The van der Waals surface area contributed by atoms with Gasteiger partial charge in [0.2, 0.25) is 5.91 Å². The SMILES string of the molecule is C=C(C(=O)CC1CC(C2CCC3(CC2)OCc2ccccc23)C1)c1cccc(C(F)(F)F)c1.O=C(CNC(=O)c1cccc(C(F)(F)F)c1)NC1CN(C2CCC3(CC2)OC(=O)Nc2ccccc23)C1. The first kappa shape index (κ1) is 49.0. The van der Waals surface area contributed by atoms with Gasteiger partial charge < -0.3 is 20.1 Å². The van der Waals surface area contributed by atoms with E-state index in [1.54, 1.807) is 0 Å². The molecule has 4 aromatic rings. The number of rotatable bonds is 10. The fourth-order valence-electron chi connectivity index (χ4n) is 11.6. The van der Waals surface area contributed by atoms with Gasteiger partial charge in [0.1, 0.15) is 5.60 Å². The van der Waals surface area contributed by atoms with Gasteiger partial charge >= 0.3 is 18.4 Å². The molecule has 0 radical (unpaired) electrons. The first-order valence-corrected chi connectivity index (χ1v) is 24.1. The first-order valence-electron chi connectivity index (χ1n) is 24.1. The molecule has 0 unspecified atom stereocenters. The number of ketones is 1. The summed E-state index contributed by atoms with van der Waals surface area (Å²) in [5.41, 5.74) is 2.40. The molecule has 6 aliphatic rings. The summed E-state index contributed by atoms with van der Waals surface area (Å²) in [6, 6.07) is 25.5. The van der Waals surface area contributed by atoms with Gasteiger partial charge in [-0.05, 0) is 135 Å². The Kier molecular flexibility index (Phi) is 13.8. The molecule has 3 heterocycles. The van der Waals surface area contributed by atoms with Crippen LogP contribution in [0.2, 0.25) is 0 Å². The summed E-state index contributed by atoms with van der Waals surface area (Å²) in [6.07, 6.45) is 0.584.